The molecule has 0 saturated heterocycles. The summed E-state index contributed by atoms with van der Waals surface area (Å²) in [6.45, 7) is 0. The number of fused-ring (bicyclic) bond motifs is 1. The number of benzene rings is 2. The lowest BCUT2D eigenvalue weighted by molar-refractivity contribution is 0.174. The first kappa shape index (κ1) is 10.7. The zero-order chi connectivity index (χ0) is 11.7. The second-order valence-corrected chi connectivity index (χ2v) is 4.79. The second kappa shape index (κ2) is 4.42. The molecule has 0 spiro atoms. The lowest BCUT2D eigenvalue weighted by Crippen LogP contribution is -2.16. The molecule has 0 fully saturated rings. The van der Waals surface area contributed by atoms with Gasteiger partial charge in [-0.3, -0.25) is 0 Å². The van der Waals surface area contributed by atoms with Gasteiger partial charge >= 0.3 is 0 Å². The van der Waals surface area contributed by atoms with Crippen molar-refractivity contribution in [3.8, 4) is 5.75 Å². The van der Waals surface area contributed by atoms with Crippen LogP contribution in [0.1, 0.15) is 29.0 Å². The molecule has 0 amide bonds. The van der Waals surface area contributed by atoms with E-state index in [0.717, 1.165) is 17.7 Å². The summed E-state index contributed by atoms with van der Waals surface area (Å²) in [6, 6.07) is 18.2. The minimum Gasteiger partial charge on any atom is -0.485 e. The van der Waals surface area contributed by atoms with Crippen molar-refractivity contribution in [2.75, 3.05) is 0 Å². The molecular weight excluding hydrogens is 232 g/mol. The van der Waals surface area contributed by atoms with Gasteiger partial charge in [0, 0.05) is 12.0 Å². The molecule has 2 aromatic carbocycles. The fourth-order valence-corrected chi connectivity index (χ4v) is 2.58. The van der Waals surface area contributed by atoms with Crippen molar-refractivity contribution in [3.05, 3.63) is 65.7 Å². The Morgan fingerprint density at radius 3 is 2.47 bits per heavy atom. The minimum atomic E-state index is 0.0326. The van der Waals surface area contributed by atoms with Crippen LogP contribution in [-0.2, 0) is 0 Å². The molecule has 2 aromatic rings. The molecule has 3 rings (SSSR count). The minimum absolute atomic E-state index is 0.0326. The van der Waals surface area contributed by atoms with E-state index in [-0.39, 0.29) is 11.5 Å². The number of hydrogen-bond donors (Lipinski definition) is 0. The fraction of sp³-hybridized carbons (Fsp3) is 0.200. The number of ether oxygens (including phenoxy) is 1. The Morgan fingerprint density at radius 1 is 0.941 bits per heavy atom. The molecule has 86 valence electrons. The predicted molar refractivity (Wildman–Crippen MR) is 69.5 cm³/mol. The average Bonchev–Trinajstić information content (AvgIpc) is 2.40. The van der Waals surface area contributed by atoms with Gasteiger partial charge in [0.05, 0.1) is 5.38 Å². The van der Waals surface area contributed by atoms with Crippen LogP contribution >= 0.6 is 11.6 Å². The molecule has 0 N–H and O–H groups in total. The standard InChI is InChI=1S/C15H13ClO/c16-13-10-15(11-6-2-1-3-7-11)17-14-9-5-4-8-12(13)14/h1-9,13,15H,10H2. The first-order valence-electron chi connectivity index (χ1n) is 5.79. The summed E-state index contributed by atoms with van der Waals surface area (Å²) in [5.74, 6) is 0.910. The van der Waals surface area contributed by atoms with E-state index in [1.807, 2.05) is 42.5 Å². The number of para-hydroxylation sites is 1. The van der Waals surface area contributed by atoms with Gasteiger partial charge in [0.15, 0.2) is 0 Å². The maximum absolute atomic E-state index is 6.41. The van der Waals surface area contributed by atoms with E-state index < -0.39 is 0 Å². The van der Waals surface area contributed by atoms with Crippen LogP contribution in [-0.4, -0.2) is 0 Å². The Bertz CT molecular complexity index is 509. The summed E-state index contributed by atoms with van der Waals surface area (Å²) in [5, 5.41) is 0.0326. The molecule has 0 bridgehead atoms. The molecule has 2 atom stereocenters. The van der Waals surface area contributed by atoms with Crippen molar-refractivity contribution in [2.45, 2.75) is 17.9 Å². The van der Waals surface area contributed by atoms with Gasteiger partial charge in [0.2, 0.25) is 0 Å². The van der Waals surface area contributed by atoms with E-state index in [4.69, 9.17) is 16.3 Å². The zero-order valence-corrected chi connectivity index (χ0v) is 10.1. The average molecular weight is 245 g/mol. The molecule has 2 heteroatoms. The fourth-order valence-electron chi connectivity index (χ4n) is 2.23. The third-order valence-corrected chi connectivity index (χ3v) is 3.53. The number of hydrogen-bond acceptors (Lipinski definition) is 1. The van der Waals surface area contributed by atoms with Crippen LogP contribution in [0, 0.1) is 0 Å². The third kappa shape index (κ3) is 2.03. The summed E-state index contributed by atoms with van der Waals surface area (Å²) in [4.78, 5) is 0. The van der Waals surface area contributed by atoms with Crippen LogP contribution in [0.25, 0.3) is 0 Å². The quantitative estimate of drug-likeness (QED) is 0.672. The van der Waals surface area contributed by atoms with Crippen molar-refractivity contribution in [1.82, 2.24) is 0 Å². The molecule has 1 aliphatic rings. The topological polar surface area (TPSA) is 9.23 Å². The first-order valence-corrected chi connectivity index (χ1v) is 6.23. The SMILES string of the molecule is ClC1CC(c2ccccc2)Oc2ccccc21. The van der Waals surface area contributed by atoms with Gasteiger partial charge in [-0.05, 0) is 11.6 Å². The number of alkyl halides is 1. The second-order valence-electron chi connectivity index (χ2n) is 4.26. The van der Waals surface area contributed by atoms with E-state index in [9.17, 15) is 0 Å². The Hall–Kier alpha value is -1.47. The molecule has 0 radical (unpaired) electrons. The van der Waals surface area contributed by atoms with Crippen LogP contribution in [0.5, 0.6) is 5.75 Å². The van der Waals surface area contributed by atoms with Crippen molar-refractivity contribution < 1.29 is 4.74 Å². The molecule has 1 heterocycles. The number of rotatable bonds is 1. The van der Waals surface area contributed by atoms with Crippen LogP contribution in [0.3, 0.4) is 0 Å². The van der Waals surface area contributed by atoms with Crippen molar-refractivity contribution in [3.63, 3.8) is 0 Å². The lowest BCUT2D eigenvalue weighted by Gasteiger charge is -2.29. The molecule has 0 saturated carbocycles. The highest BCUT2D eigenvalue weighted by molar-refractivity contribution is 6.21. The van der Waals surface area contributed by atoms with Crippen molar-refractivity contribution >= 4 is 11.6 Å². The van der Waals surface area contributed by atoms with Crippen LogP contribution in [0.2, 0.25) is 0 Å². The Kier molecular flexibility index (Phi) is 2.77. The molecule has 0 aromatic heterocycles. The molecular formula is C15H13ClO. The largest absolute Gasteiger partial charge is 0.485 e. The van der Waals surface area contributed by atoms with Gasteiger partial charge in [-0.1, -0.05) is 48.5 Å². The summed E-state index contributed by atoms with van der Waals surface area (Å²) in [5.41, 5.74) is 2.29. The smallest absolute Gasteiger partial charge is 0.125 e. The summed E-state index contributed by atoms with van der Waals surface area (Å²) in [7, 11) is 0. The predicted octanol–water partition coefficient (Wildman–Crippen LogP) is 4.49. The highest BCUT2D eigenvalue weighted by atomic mass is 35.5. The van der Waals surface area contributed by atoms with E-state index >= 15 is 0 Å². The highest BCUT2D eigenvalue weighted by Gasteiger charge is 2.27. The van der Waals surface area contributed by atoms with Gasteiger partial charge < -0.3 is 4.74 Å². The van der Waals surface area contributed by atoms with Gasteiger partial charge in [-0.2, -0.15) is 0 Å². The van der Waals surface area contributed by atoms with Crippen molar-refractivity contribution in [2.24, 2.45) is 0 Å². The zero-order valence-electron chi connectivity index (χ0n) is 9.34. The van der Waals surface area contributed by atoms with Gasteiger partial charge in [-0.25, -0.2) is 0 Å². The van der Waals surface area contributed by atoms with E-state index in [1.165, 1.54) is 5.56 Å². The molecule has 1 nitrogen and oxygen atoms in total. The highest BCUT2D eigenvalue weighted by Crippen LogP contribution is 2.43. The van der Waals surface area contributed by atoms with E-state index in [2.05, 4.69) is 12.1 Å². The Morgan fingerprint density at radius 2 is 1.65 bits per heavy atom. The van der Waals surface area contributed by atoms with E-state index in [1.54, 1.807) is 0 Å². The monoisotopic (exact) mass is 244 g/mol. The molecule has 2 unspecified atom stereocenters. The first-order chi connectivity index (χ1) is 8.34. The Labute approximate surface area is 106 Å². The normalized spacial score (nSPS) is 22.6. The summed E-state index contributed by atoms with van der Waals surface area (Å²) < 4.78 is 6.00. The van der Waals surface area contributed by atoms with Crippen LogP contribution < -0.4 is 4.74 Å². The summed E-state index contributed by atoms with van der Waals surface area (Å²) in [6.07, 6.45) is 0.886. The Balaban J connectivity index is 1.94. The molecule has 17 heavy (non-hydrogen) atoms. The molecule has 1 aliphatic heterocycles. The maximum atomic E-state index is 6.41. The third-order valence-electron chi connectivity index (χ3n) is 3.12. The van der Waals surface area contributed by atoms with Gasteiger partial charge in [0.1, 0.15) is 11.9 Å². The van der Waals surface area contributed by atoms with Gasteiger partial charge in [0.25, 0.3) is 0 Å². The maximum Gasteiger partial charge on any atom is 0.125 e. The lowest BCUT2D eigenvalue weighted by atomic mass is 9.97. The molecule has 0 aliphatic carbocycles. The van der Waals surface area contributed by atoms with Crippen LogP contribution in [0.4, 0.5) is 0 Å². The van der Waals surface area contributed by atoms with Crippen molar-refractivity contribution in [1.29, 1.82) is 0 Å². The van der Waals surface area contributed by atoms with E-state index in [0.29, 0.717) is 0 Å². The summed E-state index contributed by atoms with van der Waals surface area (Å²) >= 11 is 6.41. The number of halogens is 1. The van der Waals surface area contributed by atoms with Crippen LogP contribution in [0.15, 0.2) is 54.6 Å². The van der Waals surface area contributed by atoms with Gasteiger partial charge in [-0.15, -0.1) is 11.6 Å².